The van der Waals surface area contributed by atoms with Gasteiger partial charge in [0.05, 0.1) is 14.2 Å². The summed E-state index contributed by atoms with van der Waals surface area (Å²) in [5.41, 5.74) is 2.44. The van der Waals surface area contributed by atoms with Crippen LogP contribution in [0.4, 0.5) is 0 Å². The lowest BCUT2D eigenvalue weighted by atomic mass is 10.1. The van der Waals surface area contributed by atoms with Gasteiger partial charge in [0, 0.05) is 6.42 Å². The summed E-state index contributed by atoms with van der Waals surface area (Å²) in [6.45, 7) is 3.91. The molecule has 4 heteroatoms. The van der Waals surface area contributed by atoms with Crippen LogP contribution in [-0.2, 0) is 4.79 Å². The third kappa shape index (κ3) is 5.67. The lowest BCUT2D eigenvalue weighted by Gasteiger charge is -2.04. The van der Waals surface area contributed by atoms with Gasteiger partial charge < -0.3 is 14.6 Å². The van der Waals surface area contributed by atoms with E-state index in [4.69, 9.17) is 9.47 Å². The van der Waals surface area contributed by atoms with E-state index in [-0.39, 0.29) is 18.0 Å². The van der Waals surface area contributed by atoms with E-state index in [0.29, 0.717) is 11.3 Å². The monoisotopic (exact) mass is 350 g/mol. The Bertz CT molecular complexity index is 847. The van der Waals surface area contributed by atoms with Gasteiger partial charge in [0.1, 0.15) is 5.75 Å². The fraction of sp³-hybridized carbons (Fsp3) is 0.136. The minimum absolute atomic E-state index is 0.0363. The van der Waals surface area contributed by atoms with E-state index < -0.39 is 0 Å². The molecule has 26 heavy (non-hydrogen) atoms. The first-order chi connectivity index (χ1) is 12.5. The summed E-state index contributed by atoms with van der Waals surface area (Å²) in [5, 5.41) is 9.59. The molecule has 4 nitrogen and oxygen atoms in total. The summed E-state index contributed by atoms with van der Waals surface area (Å²) in [7, 11) is 3.10. The number of allylic oxidation sites excluding steroid dienone is 3. The van der Waals surface area contributed by atoms with Gasteiger partial charge in [0.2, 0.25) is 0 Å². The van der Waals surface area contributed by atoms with E-state index in [1.54, 1.807) is 37.5 Å². The number of ketones is 1. The number of ether oxygens (including phenoxy) is 2. The van der Waals surface area contributed by atoms with Gasteiger partial charge in [0.15, 0.2) is 17.3 Å². The molecule has 0 fully saturated rings. The van der Waals surface area contributed by atoms with Crippen molar-refractivity contribution in [2.75, 3.05) is 14.2 Å². The molecular formula is C22H22O4. The minimum atomic E-state index is -0.0363. The molecule has 0 unspecified atom stereocenters. The molecule has 0 heterocycles. The number of methoxy groups -OCH3 is 2. The van der Waals surface area contributed by atoms with Crippen LogP contribution in [0.25, 0.3) is 12.2 Å². The molecule has 0 aromatic heterocycles. The van der Waals surface area contributed by atoms with Crippen LogP contribution in [0, 0.1) is 0 Å². The first kappa shape index (κ1) is 19.1. The summed E-state index contributed by atoms with van der Waals surface area (Å²) < 4.78 is 10.2. The van der Waals surface area contributed by atoms with Crippen LogP contribution < -0.4 is 9.47 Å². The van der Waals surface area contributed by atoms with Gasteiger partial charge in [-0.05, 0) is 47.0 Å². The van der Waals surface area contributed by atoms with Crippen molar-refractivity contribution in [1.82, 2.24) is 0 Å². The molecule has 1 N–H and O–H groups in total. The maximum absolute atomic E-state index is 12.1. The Kier molecular flexibility index (Phi) is 6.80. The number of phenolic OH excluding ortho intramolecular Hbond substituents is 1. The number of rotatable bonds is 8. The molecule has 2 aromatic carbocycles. The highest BCUT2D eigenvalue weighted by atomic mass is 16.5. The van der Waals surface area contributed by atoms with Crippen molar-refractivity contribution in [3.05, 3.63) is 77.9 Å². The summed E-state index contributed by atoms with van der Waals surface area (Å²) in [5.74, 6) is 1.19. The number of hydrogen-bond donors (Lipinski definition) is 1. The largest absolute Gasteiger partial charge is 0.504 e. The number of benzene rings is 2. The predicted octanol–water partition coefficient (Wildman–Crippen LogP) is 4.65. The molecule has 0 spiro atoms. The molecule has 0 saturated heterocycles. The number of carbonyl (C=O) groups is 1. The topological polar surface area (TPSA) is 55.8 Å². The van der Waals surface area contributed by atoms with Gasteiger partial charge >= 0.3 is 0 Å². The molecule has 2 rings (SSSR count). The maximum atomic E-state index is 12.1. The zero-order valence-corrected chi connectivity index (χ0v) is 14.9. The van der Waals surface area contributed by atoms with Gasteiger partial charge in [-0.2, -0.15) is 0 Å². The third-order valence-corrected chi connectivity index (χ3v) is 3.67. The highest BCUT2D eigenvalue weighted by molar-refractivity contribution is 5.95. The van der Waals surface area contributed by atoms with Crippen molar-refractivity contribution in [2.45, 2.75) is 6.42 Å². The van der Waals surface area contributed by atoms with Crippen molar-refractivity contribution >= 4 is 17.9 Å². The Labute approximate surface area is 153 Å². The first-order valence-corrected chi connectivity index (χ1v) is 8.09. The summed E-state index contributed by atoms with van der Waals surface area (Å²) in [4.78, 5) is 12.1. The molecule has 0 bridgehead atoms. The average Bonchev–Trinajstić information content (AvgIpc) is 2.66. The number of hydrogen-bond acceptors (Lipinski definition) is 4. The lowest BCUT2D eigenvalue weighted by molar-refractivity contribution is -0.113. The van der Waals surface area contributed by atoms with Crippen molar-refractivity contribution in [1.29, 1.82) is 0 Å². The number of carbonyl (C=O) groups excluding carboxylic acids is 1. The fourth-order valence-electron chi connectivity index (χ4n) is 2.29. The smallest absolute Gasteiger partial charge is 0.161 e. The molecular weight excluding hydrogens is 328 g/mol. The molecule has 0 atom stereocenters. The Morgan fingerprint density at radius 2 is 1.77 bits per heavy atom. The van der Waals surface area contributed by atoms with Crippen molar-refractivity contribution in [3.63, 3.8) is 0 Å². The van der Waals surface area contributed by atoms with E-state index >= 15 is 0 Å². The molecule has 0 aliphatic rings. The summed E-state index contributed by atoms with van der Waals surface area (Å²) in [6, 6.07) is 12.5. The molecule has 0 aliphatic heterocycles. The highest BCUT2D eigenvalue weighted by Crippen LogP contribution is 2.27. The molecule has 134 valence electrons. The van der Waals surface area contributed by atoms with Crippen LogP contribution in [-0.4, -0.2) is 25.1 Å². The highest BCUT2D eigenvalue weighted by Gasteiger charge is 2.02. The Balaban J connectivity index is 1.94. The Morgan fingerprint density at radius 1 is 1.04 bits per heavy atom. The SMILES string of the molecule is C=C(/C=C/c1ccc(O)c(OC)c1)CC(=O)/C=C/c1cccc(OC)c1. The van der Waals surface area contributed by atoms with E-state index in [1.165, 1.54) is 13.2 Å². The van der Waals surface area contributed by atoms with E-state index in [0.717, 1.165) is 16.9 Å². The first-order valence-electron chi connectivity index (χ1n) is 8.09. The zero-order valence-electron chi connectivity index (χ0n) is 14.9. The van der Waals surface area contributed by atoms with Crippen molar-refractivity contribution in [3.8, 4) is 17.2 Å². The van der Waals surface area contributed by atoms with Crippen LogP contribution in [0.2, 0.25) is 0 Å². The normalized spacial score (nSPS) is 11.0. The van der Waals surface area contributed by atoms with E-state index in [1.807, 2.05) is 30.3 Å². The average molecular weight is 350 g/mol. The zero-order chi connectivity index (χ0) is 18.9. The van der Waals surface area contributed by atoms with Crippen molar-refractivity contribution < 1.29 is 19.4 Å². The number of aromatic hydroxyl groups is 1. The van der Waals surface area contributed by atoms with Gasteiger partial charge in [0.25, 0.3) is 0 Å². The van der Waals surface area contributed by atoms with E-state index in [9.17, 15) is 9.90 Å². The van der Waals surface area contributed by atoms with Crippen molar-refractivity contribution in [2.24, 2.45) is 0 Å². The third-order valence-electron chi connectivity index (χ3n) is 3.67. The van der Waals surface area contributed by atoms with Crippen LogP contribution in [0.15, 0.2) is 66.8 Å². The fourth-order valence-corrected chi connectivity index (χ4v) is 2.29. The number of phenols is 1. The van der Waals surface area contributed by atoms with Gasteiger partial charge in [-0.25, -0.2) is 0 Å². The standard InChI is InChI=1S/C22H22O4/c1-16(7-8-18-10-12-21(24)22(15-18)26-3)13-19(23)11-9-17-5-4-6-20(14-17)25-2/h4-12,14-15,24H,1,13H2,2-3H3/b8-7+,11-9+. The maximum Gasteiger partial charge on any atom is 0.161 e. The lowest BCUT2D eigenvalue weighted by Crippen LogP contribution is -1.93. The predicted molar refractivity (Wildman–Crippen MR) is 104 cm³/mol. The quantitative estimate of drug-likeness (QED) is 0.556. The van der Waals surface area contributed by atoms with E-state index in [2.05, 4.69) is 6.58 Å². The molecule has 0 radical (unpaired) electrons. The Morgan fingerprint density at radius 3 is 2.50 bits per heavy atom. The summed E-state index contributed by atoms with van der Waals surface area (Å²) in [6.07, 6.45) is 7.13. The van der Waals surface area contributed by atoms with Gasteiger partial charge in [-0.1, -0.05) is 43.0 Å². The second-order valence-corrected chi connectivity index (χ2v) is 5.68. The van der Waals surface area contributed by atoms with Crippen LogP contribution in [0.1, 0.15) is 17.5 Å². The molecule has 0 saturated carbocycles. The second-order valence-electron chi connectivity index (χ2n) is 5.68. The Hall–Kier alpha value is -3.27. The minimum Gasteiger partial charge on any atom is -0.504 e. The molecule has 2 aromatic rings. The van der Waals surface area contributed by atoms with Crippen LogP contribution in [0.3, 0.4) is 0 Å². The van der Waals surface area contributed by atoms with Gasteiger partial charge in [-0.3, -0.25) is 4.79 Å². The van der Waals surface area contributed by atoms with Crippen LogP contribution in [0.5, 0.6) is 17.2 Å². The second kappa shape index (κ2) is 9.28. The molecule has 0 amide bonds. The summed E-state index contributed by atoms with van der Waals surface area (Å²) >= 11 is 0. The van der Waals surface area contributed by atoms with Crippen LogP contribution >= 0.6 is 0 Å². The molecule has 0 aliphatic carbocycles. The van der Waals surface area contributed by atoms with Gasteiger partial charge in [-0.15, -0.1) is 0 Å².